The molecule has 2 rings (SSSR count). The molecule has 0 spiro atoms. The van der Waals surface area contributed by atoms with Crippen molar-refractivity contribution < 1.29 is 28.8 Å². The van der Waals surface area contributed by atoms with Gasteiger partial charge < -0.3 is 28.8 Å². The van der Waals surface area contributed by atoms with Gasteiger partial charge in [-0.1, -0.05) is 0 Å². The van der Waals surface area contributed by atoms with Gasteiger partial charge in [0.15, 0.2) is 6.29 Å². The second kappa shape index (κ2) is 5.17. The van der Waals surface area contributed by atoms with Crippen LogP contribution in [0.25, 0.3) is 0 Å². The zero-order chi connectivity index (χ0) is 12.6. The number of aliphatic hydroxyl groups excluding tert-OH is 1. The first-order valence-electron chi connectivity index (χ1n) is 5.71. The van der Waals surface area contributed by atoms with Gasteiger partial charge in [0.2, 0.25) is 0 Å². The van der Waals surface area contributed by atoms with Crippen molar-refractivity contribution in [3.8, 4) is 0 Å². The molecule has 100 valence electrons. The van der Waals surface area contributed by atoms with Gasteiger partial charge >= 0.3 is 0 Å². The Hall–Kier alpha value is -0.240. The molecule has 2 fully saturated rings. The molecule has 1 heterocycles. The molecule has 0 radical (unpaired) electrons. The Morgan fingerprint density at radius 2 is 1.24 bits per heavy atom. The Labute approximate surface area is 101 Å². The maximum Gasteiger partial charge on any atom is 0.156 e. The highest BCUT2D eigenvalue weighted by atomic mass is 16.7. The van der Waals surface area contributed by atoms with Crippen LogP contribution in [0.3, 0.4) is 0 Å². The minimum absolute atomic E-state index is 0.301. The Morgan fingerprint density at radius 1 is 0.824 bits per heavy atom. The standard InChI is InChI=1S/C11H20O6/c1-5-16-10-7(13-2)6(12)8(14-3)11(17-5)9(10)15-4/h5-12H,1-4H3/t5?,6?,7-,8-,9?,10-,11+/m0/s1. The van der Waals surface area contributed by atoms with Gasteiger partial charge in [-0.3, -0.25) is 0 Å². The maximum atomic E-state index is 10.2. The van der Waals surface area contributed by atoms with Crippen LogP contribution in [-0.2, 0) is 23.7 Å². The van der Waals surface area contributed by atoms with Crippen LogP contribution in [0, 0.1) is 0 Å². The molecule has 17 heavy (non-hydrogen) atoms. The fourth-order valence-corrected chi connectivity index (χ4v) is 2.74. The number of aliphatic hydroxyl groups is 1. The topological polar surface area (TPSA) is 66.4 Å². The minimum Gasteiger partial charge on any atom is -0.387 e. The molecule has 0 aromatic heterocycles. The van der Waals surface area contributed by atoms with Crippen LogP contribution in [0.2, 0.25) is 0 Å². The van der Waals surface area contributed by atoms with Gasteiger partial charge in [-0.05, 0) is 6.92 Å². The molecule has 6 nitrogen and oxygen atoms in total. The third kappa shape index (κ3) is 2.09. The highest BCUT2D eigenvalue weighted by molar-refractivity contribution is 5.04. The van der Waals surface area contributed by atoms with Crippen molar-refractivity contribution in [2.45, 2.75) is 49.8 Å². The summed E-state index contributed by atoms with van der Waals surface area (Å²) in [5, 5.41) is 10.2. The Bertz CT molecular complexity index is 228. The Balaban J connectivity index is 2.28. The van der Waals surface area contributed by atoms with Crippen LogP contribution < -0.4 is 0 Å². The van der Waals surface area contributed by atoms with Gasteiger partial charge in [0.25, 0.3) is 0 Å². The molecule has 1 aliphatic heterocycles. The van der Waals surface area contributed by atoms with Gasteiger partial charge in [-0.2, -0.15) is 0 Å². The molecule has 1 saturated carbocycles. The van der Waals surface area contributed by atoms with Crippen LogP contribution >= 0.6 is 0 Å². The zero-order valence-corrected chi connectivity index (χ0v) is 10.5. The summed E-state index contributed by atoms with van der Waals surface area (Å²) < 4.78 is 27.3. The van der Waals surface area contributed by atoms with Crippen molar-refractivity contribution in [1.29, 1.82) is 0 Å². The summed E-state index contributed by atoms with van der Waals surface area (Å²) in [4.78, 5) is 0. The first-order valence-corrected chi connectivity index (χ1v) is 5.71. The van der Waals surface area contributed by atoms with Gasteiger partial charge in [-0.15, -0.1) is 0 Å². The molecule has 2 aliphatic rings. The van der Waals surface area contributed by atoms with Crippen molar-refractivity contribution >= 4 is 0 Å². The van der Waals surface area contributed by atoms with E-state index in [4.69, 9.17) is 23.7 Å². The fraction of sp³-hybridized carbons (Fsp3) is 1.00. The average Bonchev–Trinajstić information content (AvgIpc) is 2.29. The van der Waals surface area contributed by atoms with E-state index in [9.17, 15) is 5.11 Å². The van der Waals surface area contributed by atoms with E-state index in [0.717, 1.165) is 0 Å². The molecule has 0 aromatic carbocycles. The Kier molecular flexibility index (Phi) is 4.02. The summed E-state index contributed by atoms with van der Waals surface area (Å²) in [6.45, 7) is 1.81. The number of fused-ring (bicyclic) bond motifs is 2. The third-order valence-corrected chi connectivity index (χ3v) is 3.48. The lowest BCUT2D eigenvalue weighted by Gasteiger charge is -2.51. The van der Waals surface area contributed by atoms with Crippen molar-refractivity contribution in [2.75, 3.05) is 21.3 Å². The molecular formula is C11H20O6. The summed E-state index contributed by atoms with van der Waals surface area (Å²) in [6, 6.07) is 0. The van der Waals surface area contributed by atoms with E-state index >= 15 is 0 Å². The van der Waals surface area contributed by atoms with Crippen LogP contribution in [0.4, 0.5) is 0 Å². The molecule has 0 aromatic rings. The molecule has 3 unspecified atom stereocenters. The summed E-state index contributed by atoms with van der Waals surface area (Å²) in [6.07, 6.45) is -3.11. The molecule has 1 N–H and O–H groups in total. The largest absolute Gasteiger partial charge is 0.387 e. The van der Waals surface area contributed by atoms with E-state index in [-0.39, 0.29) is 24.6 Å². The molecule has 1 saturated heterocycles. The maximum absolute atomic E-state index is 10.2. The first-order chi connectivity index (χ1) is 8.13. The van der Waals surface area contributed by atoms with Gasteiger partial charge in [0, 0.05) is 21.3 Å². The number of ether oxygens (including phenoxy) is 5. The van der Waals surface area contributed by atoms with Crippen molar-refractivity contribution in [3.63, 3.8) is 0 Å². The predicted molar refractivity (Wildman–Crippen MR) is 57.6 cm³/mol. The van der Waals surface area contributed by atoms with E-state index in [1.54, 1.807) is 7.11 Å². The van der Waals surface area contributed by atoms with E-state index in [1.807, 2.05) is 6.92 Å². The highest BCUT2D eigenvalue weighted by Gasteiger charge is 2.56. The van der Waals surface area contributed by atoms with Crippen LogP contribution in [0.1, 0.15) is 6.92 Å². The summed E-state index contributed by atoms with van der Waals surface area (Å²) in [5.41, 5.74) is 0. The Morgan fingerprint density at radius 3 is 1.59 bits per heavy atom. The summed E-state index contributed by atoms with van der Waals surface area (Å²) in [5.74, 6) is 0. The normalized spacial score (nSPS) is 50.3. The average molecular weight is 248 g/mol. The lowest BCUT2D eigenvalue weighted by Crippen LogP contribution is -2.70. The number of hydrogen-bond acceptors (Lipinski definition) is 6. The molecule has 2 bridgehead atoms. The molecule has 1 aliphatic carbocycles. The summed E-state index contributed by atoms with van der Waals surface area (Å²) >= 11 is 0. The lowest BCUT2D eigenvalue weighted by molar-refractivity contribution is -0.355. The predicted octanol–water partition coefficient (Wildman–Crippen LogP) is -0.464. The van der Waals surface area contributed by atoms with E-state index in [1.165, 1.54) is 14.2 Å². The van der Waals surface area contributed by atoms with Crippen LogP contribution in [0.5, 0.6) is 0 Å². The molecular weight excluding hydrogens is 228 g/mol. The minimum atomic E-state index is -0.793. The monoisotopic (exact) mass is 248 g/mol. The quantitative estimate of drug-likeness (QED) is 0.729. The molecule has 6 heteroatoms. The zero-order valence-electron chi connectivity index (χ0n) is 10.5. The second-order valence-corrected chi connectivity index (χ2v) is 4.36. The second-order valence-electron chi connectivity index (χ2n) is 4.36. The van der Waals surface area contributed by atoms with Crippen molar-refractivity contribution in [2.24, 2.45) is 0 Å². The van der Waals surface area contributed by atoms with E-state index in [0.29, 0.717) is 0 Å². The number of methoxy groups -OCH3 is 3. The van der Waals surface area contributed by atoms with E-state index < -0.39 is 18.3 Å². The summed E-state index contributed by atoms with van der Waals surface area (Å²) in [7, 11) is 4.67. The third-order valence-electron chi connectivity index (χ3n) is 3.48. The van der Waals surface area contributed by atoms with Crippen LogP contribution in [-0.4, -0.2) is 69.3 Å². The van der Waals surface area contributed by atoms with Gasteiger partial charge in [0.05, 0.1) is 0 Å². The SMILES string of the molecule is COC1[C@H]2OC(C)O[C@@H]1[C@@H](OC)C(O)[C@@H]2OC. The highest BCUT2D eigenvalue weighted by Crippen LogP contribution is 2.35. The van der Waals surface area contributed by atoms with Crippen molar-refractivity contribution in [3.05, 3.63) is 0 Å². The fourth-order valence-electron chi connectivity index (χ4n) is 2.74. The molecule has 0 amide bonds. The number of hydrogen-bond donors (Lipinski definition) is 1. The van der Waals surface area contributed by atoms with Crippen molar-refractivity contribution in [1.82, 2.24) is 0 Å². The first kappa shape index (κ1) is 13.2. The van der Waals surface area contributed by atoms with Gasteiger partial charge in [-0.25, -0.2) is 0 Å². The molecule has 7 atom stereocenters. The van der Waals surface area contributed by atoms with Crippen LogP contribution in [0.15, 0.2) is 0 Å². The van der Waals surface area contributed by atoms with Gasteiger partial charge in [0.1, 0.15) is 36.6 Å². The van der Waals surface area contributed by atoms with E-state index in [2.05, 4.69) is 0 Å². The number of rotatable bonds is 3. The smallest absolute Gasteiger partial charge is 0.156 e. The lowest BCUT2D eigenvalue weighted by atomic mass is 9.83.